The zero-order valence-electron chi connectivity index (χ0n) is 19.6. The quantitative estimate of drug-likeness (QED) is 0.400. The van der Waals surface area contributed by atoms with Crippen molar-refractivity contribution in [2.45, 2.75) is 6.18 Å². The Balaban J connectivity index is 1.47. The van der Waals surface area contributed by atoms with Crippen LogP contribution in [0.15, 0.2) is 54.9 Å². The smallest absolute Gasteiger partial charge is 0.353 e. The van der Waals surface area contributed by atoms with E-state index in [0.29, 0.717) is 40.5 Å². The number of pyridine rings is 1. The molecule has 0 bridgehead atoms. The van der Waals surface area contributed by atoms with Crippen molar-refractivity contribution >= 4 is 11.5 Å². The highest BCUT2D eigenvalue weighted by molar-refractivity contribution is 5.91. The van der Waals surface area contributed by atoms with Gasteiger partial charge in [-0.15, -0.1) is 0 Å². The minimum absolute atomic E-state index is 0.399. The van der Waals surface area contributed by atoms with E-state index in [1.165, 1.54) is 22.7 Å². The van der Waals surface area contributed by atoms with Crippen LogP contribution in [0.4, 0.5) is 23.5 Å². The molecule has 1 aromatic carbocycles. The van der Waals surface area contributed by atoms with E-state index in [2.05, 4.69) is 37.2 Å². The van der Waals surface area contributed by atoms with Gasteiger partial charge in [0, 0.05) is 57.2 Å². The van der Waals surface area contributed by atoms with Gasteiger partial charge in [0.2, 0.25) is 5.95 Å². The Labute approximate surface area is 205 Å². The van der Waals surface area contributed by atoms with Crippen LogP contribution in [0.25, 0.3) is 28.0 Å². The number of anilines is 1. The molecule has 0 aliphatic carbocycles. The van der Waals surface area contributed by atoms with Crippen molar-refractivity contribution in [2.75, 3.05) is 51.6 Å². The normalized spacial score (nSPS) is 15.5. The van der Waals surface area contributed by atoms with E-state index in [9.17, 15) is 17.6 Å². The molecule has 11 heteroatoms. The van der Waals surface area contributed by atoms with Crippen molar-refractivity contribution in [2.24, 2.45) is 0 Å². The maximum atomic E-state index is 13.6. The number of likely N-dealkylation sites (N-methyl/N-ethyl adjacent to an activating group) is 1. The van der Waals surface area contributed by atoms with Gasteiger partial charge >= 0.3 is 6.18 Å². The molecular formula is C25H25F4N7. The predicted molar refractivity (Wildman–Crippen MR) is 129 cm³/mol. The van der Waals surface area contributed by atoms with Crippen LogP contribution in [0.1, 0.15) is 5.56 Å². The van der Waals surface area contributed by atoms with Crippen molar-refractivity contribution in [1.82, 2.24) is 29.4 Å². The highest BCUT2D eigenvalue weighted by atomic mass is 19.4. The maximum absolute atomic E-state index is 13.6. The summed E-state index contributed by atoms with van der Waals surface area (Å²) in [5, 5.41) is 7.67. The van der Waals surface area contributed by atoms with E-state index in [4.69, 9.17) is 0 Å². The topological polar surface area (TPSA) is 61.6 Å². The number of rotatable bonds is 6. The molecule has 7 nitrogen and oxygen atoms in total. The van der Waals surface area contributed by atoms with Crippen molar-refractivity contribution in [3.8, 4) is 22.5 Å². The molecule has 1 aliphatic heterocycles. The van der Waals surface area contributed by atoms with E-state index in [0.717, 1.165) is 45.0 Å². The first kappa shape index (κ1) is 24.1. The molecule has 0 spiro atoms. The molecule has 0 saturated carbocycles. The van der Waals surface area contributed by atoms with Crippen LogP contribution in [0.3, 0.4) is 0 Å². The lowest BCUT2D eigenvalue weighted by Gasteiger charge is -2.32. The van der Waals surface area contributed by atoms with Gasteiger partial charge in [-0.2, -0.15) is 18.3 Å². The number of alkyl halides is 3. The Morgan fingerprint density at radius 2 is 1.72 bits per heavy atom. The zero-order chi connectivity index (χ0) is 25.3. The summed E-state index contributed by atoms with van der Waals surface area (Å²) in [5.41, 5.74) is 1.64. The van der Waals surface area contributed by atoms with Gasteiger partial charge in [-0.3, -0.25) is 4.90 Å². The SMILES string of the molecule is CN1CCN(CCNc2nccc(-c3c(-c4ccc(F)cc4)nn4cc(C(F)(F)F)ccc34)n2)CC1. The lowest BCUT2D eigenvalue weighted by molar-refractivity contribution is -0.137. The number of hydrogen-bond acceptors (Lipinski definition) is 6. The monoisotopic (exact) mass is 499 g/mol. The van der Waals surface area contributed by atoms with E-state index in [-0.39, 0.29) is 0 Å². The maximum Gasteiger partial charge on any atom is 0.417 e. The fourth-order valence-corrected chi connectivity index (χ4v) is 4.26. The summed E-state index contributed by atoms with van der Waals surface area (Å²) in [6.45, 7) is 5.57. The van der Waals surface area contributed by atoms with E-state index in [1.807, 2.05) is 0 Å². The fourth-order valence-electron chi connectivity index (χ4n) is 4.26. The number of benzene rings is 1. The van der Waals surface area contributed by atoms with Crippen LogP contribution in [-0.4, -0.2) is 75.7 Å². The Kier molecular flexibility index (Phi) is 6.59. The molecule has 4 heterocycles. The van der Waals surface area contributed by atoms with Crippen LogP contribution in [0.2, 0.25) is 0 Å². The molecule has 3 aromatic heterocycles. The summed E-state index contributed by atoms with van der Waals surface area (Å²) in [4.78, 5) is 13.6. The molecular weight excluding hydrogens is 474 g/mol. The van der Waals surface area contributed by atoms with Gasteiger partial charge in [0.15, 0.2) is 0 Å². The van der Waals surface area contributed by atoms with E-state index in [1.54, 1.807) is 24.4 Å². The Morgan fingerprint density at radius 3 is 2.44 bits per heavy atom. The lowest BCUT2D eigenvalue weighted by Crippen LogP contribution is -2.45. The largest absolute Gasteiger partial charge is 0.417 e. The van der Waals surface area contributed by atoms with Crippen molar-refractivity contribution in [3.63, 3.8) is 0 Å². The third-order valence-electron chi connectivity index (χ3n) is 6.29. The van der Waals surface area contributed by atoms with Gasteiger partial charge in [0.05, 0.1) is 22.3 Å². The molecule has 188 valence electrons. The number of piperazine rings is 1. The molecule has 36 heavy (non-hydrogen) atoms. The van der Waals surface area contributed by atoms with Crippen molar-refractivity contribution in [3.05, 3.63) is 66.2 Å². The van der Waals surface area contributed by atoms with Gasteiger partial charge < -0.3 is 10.2 Å². The van der Waals surface area contributed by atoms with Crippen LogP contribution in [-0.2, 0) is 6.18 Å². The molecule has 5 rings (SSSR count). The second kappa shape index (κ2) is 9.82. The summed E-state index contributed by atoms with van der Waals surface area (Å²) >= 11 is 0. The molecule has 1 N–H and O–H groups in total. The van der Waals surface area contributed by atoms with Crippen LogP contribution in [0.5, 0.6) is 0 Å². The molecule has 4 aromatic rings. The number of fused-ring (bicyclic) bond motifs is 1. The standard InChI is InChI=1S/C25H25F4N7/c1-34-12-14-35(15-13-34)11-10-31-24-30-9-8-20(32-24)22-21-7-4-18(25(27,28)29)16-36(21)33-23(22)17-2-5-19(26)6-3-17/h2-9,16H,10-15H2,1H3,(H,30,31,32). The molecule has 0 unspecified atom stereocenters. The number of aromatic nitrogens is 4. The van der Waals surface area contributed by atoms with Gasteiger partial charge in [-0.05, 0) is 49.5 Å². The van der Waals surface area contributed by atoms with Gasteiger partial charge in [-0.1, -0.05) is 0 Å². The number of nitrogens with one attached hydrogen (secondary N) is 1. The third-order valence-corrected chi connectivity index (χ3v) is 6.29. The summed E-state index contributed by atoms with van der Waals surface area (Å²) in [6, 6.07) is 9.74. The molecule has 0 radical (unpaired) electrons. The average molecular weight is 500 g/mol. The second-order valence-corrected chi connectivity index (χ2v) is 8.81. The average Bonchev–Trinajstić information content (AvgIpc) is 3.24. The van der Waals surface area contributed by atoms with Crippen molar-refractivity contribution < 1.29 is 17.6 Å². The van der Waals surface area contributed by atoms with Crippen molar-refractivity contribution in [1.29, 1.82) is 0 Å². The van der Waals surface area contributed by atoms with Crippen LogP contribution >= 0.6 is 0 Å². The first-order chi connectivity index (χ1) is 17.3. The van der Waals surface area contributed by atoms with Gasteiger partial charge in [0.1, 0.15) is 11.5 Å². The Bertz CT molecular complexity index is 1340. The zero-order valence-corrected chi connectivity index (χ0v) is 19.6. The molecule has 1 saturated heterocycles. The molecule has 0 atom stereocenters. The first-order valence-electron chi connectivity index (χ1n) is 11.6. The summed E-state index contributed by atoms with van der Waals surface area (Å²) < 4.78 is 54.7. The minimum atomic E-state index is -4.51. The van der Waals surface area contributed by atoms with E-state index < -0.39 is 17.6 Å². The molecule has 0 amide bonds. The minimum Gasteiger partial charge on any atom is -0.353 e. The molecule has 1 fully saturated rings. The first-order valence-corrected chi connectivity index (χ1v) is 11.6. The number of nitrogens with zero attached hydrogens (tertiary/aromatic N) is 6. The third kappa shape index (κ3) is 5.17. The van der Waals surface area contributed by atoms with Crippen LogP contribution in [0, 0.1) is 5.82 Å². The highest BCUT2D eigenvalue weighted by Gasteiger charge is 2.31. The molecule has 1 aliphatic rings. The Hall–Kier alpha value is -3.57. The Morgan fingerprint density at radius 1 is 0.972 bits per heavy atom. The van der Waals surface area contributed by atoms with Gasteiger partial charge in [0.25, 0.3) is 0 Å². The van der Waals surface area contributed by atoms with Gasteiger partial charge in [-0.25, -0.2) is 18.9 Å². The van der Waals surface area contributed by atoms with E-state index >= 15 is 0 Å². The lowest BCUT2D eigenvalue weighted by atomic mass is 10.0. The van der Waals surface area contributed by atoms with Crippen LogP contribution < -0.4 is 5.32 Å². The number of hydrogen-bond donors (Lipinski definition) is 1. The number of halogens is 4. The highest BCUT2D eigenvalue weighted by Crippen LogP contribution is 2.36. The summed E-state index contributed by atoms with van der Waals surface area (Å²) in [7, 11) is 2.11. The summed E-state index contributed by atoms with van der Waals surface area (Å²) in [6.07, 6.45) is -1.96. The summed E-state index contributed by atoms with van der Waals surface area (Å²) in [5.74, 6) is -0.00441. The fraction of sp³-hybridized carbons (Fsp3) is 0.320. The predicted octanol–water partition coefficient (Wildman–Crippen LogP) is 4.28. The second-order valence-electron chi connectivity index (χ2n) is 8.81.